The van der Waals surface area contributed by atoms with E-state index in [0.29, 0.717) is 39.7 Å². The summed E-state index contributed by atoms with van der Waals surface area (Å²) < 4.78 is 8.67. The van der Waals surface area contributed by atoms with E-state index in [2.05, 4.69) is 34.2 Å². The molecule has 0 saturated carbocycles. The summed E-state index contributed by atoms with van der Waals surface area (Å²) in [7, 11) is 1.70. The first-order valence-electron chi connectivity index (χ1n) is 8.31. The second-order valence-corrected chi connectivity index (χ2v) is 7.43. The van der Waals surface area contributed by atoms with Crippen LogP contribution in [-0.4, -0.2) is 29.3 Å². The highest BCUT2D eigenvalue weighted by atomic mass is 32.2. The van der Waals surface area contributed by atoms with Gasteiger partial charge in [0.1, 0.15) is 0 Å². The normalized spacial score (nSPS) is 11.8. The maximum atomic E-state index is 12.5. The number of hydrogen-bond acceptors (Lipinski definition) is 7. The van der Waals surface area contributed by atoms with Gasteiger partial charge < -0.3 is 4.52 Å². The van der Waals surface area contributed by atoms with Crippen molar-refractivity contribution in [2.45, 2.75) is 31.2 Å². The number of rotatable bonds is 5. The van der Waals surface area contributed by atoms with Gasteiger partial charge in [0.15, 0.2) is 11.0 Å². The fourth-order valence-corrected chi connectivity index (χ4v) is 3.60. The Morgan fingerprint density at radius 2 is 2.04 bits per heavy atom. The van der Waals surface area contributed by atoms with Crippen molar-refractivity contribution in [2.24, 2.45) is 13.0 Å². The van der Waals surface area contributed by atoms with Gasteiger partial charge in [-0.15, -0.1) is 10.2 Å². The highest BCUT2D eigenvalue weighted by Gasteiger charge is 2.16. The second-order valence-electron chi connectivity index (χ2n) is 6.49. The molecule has 4 rings (SSSR count). The molecule has 0 spiro atoms. The first-order valence-corrected chi connectivity index (χ1v) is 9.30. The molecular formula is C17H18N6O2S. The van der Waals surface area contributed by atoms with Gasteiger partial charge in [-0.1, -0.05) is 42.9 Å². The molecule has 0 amide bonds. The van der Waals surface area contributed by atoms with Crippen molar-refractivity contribution in [1.29, 1.82) is 0 Å². The standard InChI is InChI=1S/C17H18N6O2S/c1-10(2)8-14-18-13(21-25-14)9-26-17-20-19-16-22(3)15(24)11-6-4-5-7-12(11)23(16)17/h4-7,10H,8-9H2,1-3H3. The maximum Gasteiger partial charge on any atom is 0.262 e. The van der Waals surface area contributed by atoms with Gasteiger partial charge in [0.25, 0.3) is 5.56 Å². The van der Waals surface area contributed by atoms with Gasteiger partial charge in [-0.25, -0.2) is 0 Å². The molecule has 0 aliphatic heterocycles. The van der Waals surface area contributed by atoms with Gasteiger partial charge in [-0.2, -0.15) is 4.98 Å². The summed E-state index contributed by atoms with van der Waals surface area (Å²) in [6.07, 6.45) is 0.762. The number of aromatic nitrogens is 6. The smallest absolute Gasteiger partial charge is 0.262 e. The zero-order chi connectivity index (χ0) is 18.3. The third kappa shape index (κ3) is 2.88. The minimum Gasteiger partial charge on any atom is -0.339 e. The minimum absolute atomic E-state index is 0.0893. The van der Waals surface area contributed by atoms with Crippen molar-refractivity contribution >= 4 is 28.4 Å². The summed E-state index contributed by atoms with van der Waals surface area (Å²) in [4.78, 5) is 16.9. The van der Waals surface area contributed by atoms with Crippen LogP contribution in [0.25, 0.3) is 16.7 Å². The van der Waals surface area contributed by atoms with Crippen molar-refractivity contribution in [3.05, 3.63) is 46.3 Å². The Bertz CT molecular complexity index is 1140. The van der Waals surface area contributed by atoms with Crippen molar-refractivity contribution in [2.75, 3.05) is 0 Å². The molecule has 0 saturated heterocycles. The molecule has 4 aromatic rings. The molecule has 3 heterocycles. The lowest BCUT2D eigenvalue weighted by Gasteiger charge is -2.06. The van der Waals surface area contributed by atoms with Crippen LogP contribution in [0.15, 0.2) is 38.7 Å². The Morgan fingerprint density at radius 3 is 2.85 bits per heavy atom. The number of hydrogen-bond donors (Lipinski definition) is 0. The van der Waals surface area contributed by atoms with Crippen molar-refractivity contribution in [3.63, 3.8) is 0 Å². The van der Waals surface area contributed by atoms with Crippen LogP contribution in [0, 0.1) is 5.92 Å². The quantitative estimate of drug-likeness (QED) is 0.498. The summed E-state index contributed by atoms with van der Waals surface area (Å²) in [6.45, 7) is 4.21. The third-order valence-corrected chi connectivity index (χ3v) is 4.94. The van der Waals surface area contributed by atoms with E-state index in [1.54, 1.807) is 7.05 Å². The first-order chi connectivity index (χ1) is 12.5. The Balaban J connectivity index is 1.69. The largest absolute Gasteiger partial charge is 0.339 e. The topological polar surface area (TPSA) is 91.1 Å². The average molecular weight is 370 g/mol. The Labute approximate surface area is 153 Å². The SMILES string of the molecule is CC(C)Cc1nc(CSc2nnc3n(C)c(=O)c4ccccc4n23)no1. The zero-order valence-electron chi connectivity index (χ0n) is 14.7. The number of benzene rings is 1. The highest BCUT2D eigenvalue weighted by molar-refractivity contribution is 7.98. The molecule has 8 nitrogen and oxygen atoms in total. The Hall–Kier alpha value is -2.68. The second kappa shape index (κ2) is 6.56. The van der Waals surface area contributed by atoms with Crippen LogP contribution in [0.5, 0.6) is 0 Å². The summed E-state index contributed by atoms with van der Waals surface area (Å²) >= 11 is 1.46. The maximum absolute atomic E-state index is 12.5. The summed E-state index contributed by atoms with van der Waals surface area (Å²) in [5.74, 6) is 2.75. The van der Waals surface area contributed by atoms with Crippen LogP contribution in [0.2, 0.25) is 0 Å². The fourth-order valence-electron chi connectivity index (χ4n) is 2.81. The molecule has 1 aromatic carbocycles. The Kier molecular flexibility index (Phi) is 4.23. The van der Waals surface area contributed by atoms with Crippen molar-refractivity contribution in [1.82, 2.24) is 29.3 Å². The van der Waals surface area contributed by atoms with Gasteiger partial charge in [-0.3, -0.25) is 13.8 Å². The zero-order valence-corrected chi connectivity index (χ0v) is 15.5. The van der Waals surface area contributed by atoms with E-state index in [0.717, 1.165) is 11.9 Å². The van der Waals surface area contributed by atoms with Crippen LogP contribution in [0.4, 0.5) is 0 Å². The summed E-state index contributed by atoms with van der Waals surface area (Å²) in [6, 6.07) is 7.45. The van der Waals surface area contributed by atoms with E-state index in [1.165, 1.54) is 16.3 Å². The molecule has 134 valence electrons. The molecule has 0 N–H and O–H groups in total. The van der Waals surface area contributed by atoms with E-state index in [4.69, 9.17) is 4.52 Å². The summed E-state index contributed by atoms with van der Waals surface area (Å²) in [5, 5.41) is 13.8. The molecule has 0 bridgehead atoms. The van der Waals surface area contributed by atoms with Crippen molar-refractivity contribution < 1.29 is 4.52 Å². The molecule has 0 aliphatic carbocycles. The van der Waals surface area contributed by atoms with Crippen LogP contribution in [0.3, 0.4) is 0 Å². The number of aryl methyl sites for hydroxylation is 1. The lowest BCUT2D eigenvalue weighted by molar-refractivity contribution is 0.360. The van der Waals surface area contributed by atoms with E-state index >= 15 is 0 Å². The highest BCUT2D eigenvalue weighted by Crippen LogP contribution is 2.23. The van der Waals surface area contributed by atoms with Gasteiger partial charge >= 0.3 is 0 Å². The molecule has 0 unspecified atom stereocenters. The molecule has 9 heteroatoms. The van der Waals surface area contributed by atoms with Gasteiger partial charge in [-0.05, 0) is 18.1 Å². The number of para-hydroxylation sites is 1. The molecule has 0 aliphatic rings. The fraction of sp³-hybridized carbons (Fsp3) is 0.353. The third-order valence-electron chi connectivity index (χ3n) is 4.02. The summed E-state index contributed by atoms with van der Waals surface area (Å²) in [5.41, 5.74) is 0.695. The number of nitrogens with zero attached hydrogens (tertiary/aromatic N) is 6. The van der Waals surface area contributed by atoms with Gasteiger partial charge in [0.2, 0.25) is 11.7 Å². The van der Waals surface area contributed by atoms with E-state index in [1.807, 2.05) is 28.7 Å². The first kappa shape index (κ1) is 16.8. The van der Waals surface area contributed by atoms with Crippen molar-refractivity contribution in [3.8, 4) is 0 Å². The average Bonchev–Trinajstić information content (AvgIpc) is 3.24. The Morgan fingerprint density at radius 1 is 1.23 bits per heavy atom. The number of thioether (sulfide) groups is 1. The predicted octanol–water partition coefficient (Wildman–Crippen LogP) is 2.46. The van der Waals surface area contributed by atoms with Crippen LogP contribution >= 0.6 is 11.8 Å². The van der Waals surface area contributed by atoms with Crippen LogP contribution in [0.1, 0.15) is 25.6 Å². The van der Waals surface area contributed by atoms with E-state index in [9.17, 15) is 4.79 Å². The molecule has 0 radical (unpaired) electrons. The molecule has 3 aromatic heterocycles. The lowest BCUT2D eigenvalue weighted by Crippen LogP contribution is -2.20. The monoisotopic (exact) mass is 370 g/mol. The predicted molar refractivity (Wildman–Crippen MR) is 98.1 cm³/mol. The van der Waals surface area contributed by atoms with Crippen LogP contribution in [-0.2, 0) is 19.2 Å². The molecule has 0 fully saturated rings. The minimum atomic E-state index is -0.0893. The molecule has 0 atom stereocenters. The van der Waals surface area contributed by atoms with E-state index < -0.39 is 0 Å². The van der Waals surface area contributed by atoms with Gasteiger partial charge in [0.05, 0.1) is 16.7 Å². The molecular weight excluding hydrogens is 352 g/mol. The lowest BCUT2D eigenvalue weighted by atomic mass is 10.1. The van der Waals surface area contributed by atoms with Gasteiger partial charge in [0, 0.05) is 13.5 Å². The van der Waals surface area contributed by atoms with E-state index in [-0.39, 0.29) is 5.56 Å². The molecule has 26 heavy (non-hydrogen) atoms. The number of fused-ring (bicyclic) bond motifs is 3. The van der Waals surface area contributed by atoms with Crippen LogP contribution < -0.4 is 5.56 Å².